The number of nitrogens with zero attached hydrogens (tertiary/aromatic N) is 3. The molecule has 0 spiro atoms. The fourth-order valence-corrected chi connectivity index (χ4v) is 3.22. The molecule has 0 radical (unpaired) electrons. The molecule has 0 aliphatic rings. The Kier molecular flexibility index (Phi) is 5.54. The molecule has 124 valence electrons. The van der Waals surface area contributed by atoms with Crippen LogP contribution in [0.15, 0.2) is 59.8 Å². The van der Waals surface area contributed by atoms with Gasteiger partial charge >= 0.3 is 0 Å². The summed E-state index contributed by atoms with van der Waals surface area (Å²) in [6.07, 6.45) is 1.73. The van der Waals surface area contributed by atoms with Crippen LogP contribution in [0, 0.1) is 11.3 Å². The number of thioether (sulfide) groups is 1. The Balaban J connectivity index is 1.84. The summed E-state index contributed by atoms with van der Waals surface area (Å²) < 4.78 is 5.18. The second kappa shape index (κ2) is 8.02. The molecule has 0 aliphatic carbocycles. The highest BCUT2D eigenvalue weighted by Crippen LogP contribution is 2.28. The Hall–Kier alpha value is -2.55. The van der Waals surface area contributed by atoms with Crippen LogP contribution >= 0.6 is 23.4 Å². The lowest BCUT2D eigenvalue weighted by atomic mass is 10.1. The Morgan fingerprint density at radius 2 is 1.92 bits per heavy atom. The number of rotatable bonds is 5. The quantitative estimate of drug-likeness (QED) is 0.470. The van der Waals surface area contributed by atoms with Crippen molar-refractivity contribution in [3.63, 3.8) is 0 Å². The van der Waals surface area contributed by atoms with Crippen LogP contribution in [0.1, 0.15) is 11.1 Å². The van der Waals surface area contributed by atoms with Gasteiger partial charge in [-0.1, -0.05) is 17.7 Å². The van der Waals surface area contributed by atoms with E-state index in [2.05, 4.69) is 16.0 Å². The van der Waals surface area contributed by atoms with Gasteiger partial charge in [0.15, 0.2) is 0 Å². The van der Waals surface area contributed by atoms with Crippen LogP contribution in [-0.4, -0.2) is 17.1 Å². The van der Waals surface area contributed by atoms with E-state index in [0.717, 1.165) is 22.6 Å². The van der Waals surface area contributed by atoms with Crippen molar-refractivity contribution >= 4 is 23.4 Å². The predicted molar refractivity (Wildman–Crippen MR) is 99.7 cm³/mol. The minimum absolute atomic E-state index is 0.464. The van der Waals surface area contributed by atoms with Crippen molar-refractivity contribution in [2.24, 2.45) is 0 Å². The molecule has 2 heterocycles. The molecule has 0 fully saturated rings. The maximum absolute atomic E-state index is 9.33. The topological polar surface area (TPSA) is 58.8 Å². The number of aromatic nitrogens is 2. The van der Waals surface area contributed by atoms with E-state index in [1.807, 2.05) is 36.4 Å². The molecule has 0 amide bonds. The third-order valence-electron chi connectivity index (χ3n) is 3.53. The largest absolute Gasteiger partial charge is 0.497 e. The van der Waals surface area contributed by atoms with Crippen LogP contribution in [0.5, 0.6) is 5.75 Å². The molecular weight excluding hydrogens is 354 g/mol. The van der Waals surface area contributed by atoms with Crippen molar-refractivity contribution in [3.8, 4) is 23.1 Å². The van der Waals surface area contributed by atoms with Gasteiger partial charge in [0.05, 0.1) is 18.4 Å². The third-order valence-corrected chi connectivity index (χ3v) is 4.82. The molecule has 3 rings (SSSR count). The lowest BCUT2D eigenvalue weighted by Gasteiger charge is -2.08. The van der Waals surface area contributed by atoms with E-state index in [9.17, 15) is 5.26 Å². The number of halogens is 1. The number of ether oxygens (including phenoxy) is 1. The predicted octanol–water partition coefficient (Wildman–Crippen LogP) is 4.97. The standard InChI is InChI=1S/C19H14ClN3OS/c1-24-16-6-3-14(4-7-16)17-8-5-15(10-21)19(23-17)25-12-13-2-9-18(20)22-11-13/h2-9,11H,12H2,1H3. The van der Waals surface area contributed by atoms with Crippen LogP contribution < -0.4 is 4.74 Å². The van der Waals surface area contributed by atoms with E-state index >= 15 is 0 Å². The van der Waals surface area contributed by atoms with Crippen molar-refractivity contribution in [1.82, 2.24) is 9.97 Å². The summed E-state index contributed by atoms with van der Waals surface area (Å²) in [5.74, 6) is 1.46. The van der Waals surface area contributed by atoms with Gasteiger partial charge in [-0.3, -0.25) is 0 Å². The van der Waals surface area contributed by atoms with E-state index in [1.54, 1.807) is 25.4 Å². The molecule has 0 unspecified atom stereocenters. The molecule has 25 heavy (non-hydrogen) atoms. The second-order valence-electron chi connectivity index (χ2n) is 5.17. The van der Waals surface area contributed by atoms with E-state index in [4.69, 9.17) is 16.3 Å². The van der Waals surface area contributed by atoms with Gasteiger partial charge in [0.2, 0.25) is 0 Å². The van der Waals surface area contributed by atoms with Crippen LogP contribution in [0.3, 0.4) is 0 Å². The first kappa shape index (κ1) is 17.3. The maximum atomic E-state index is 9.33. The number of methoxy groups -OCH3 is 1. The molecule has 1 aromatic carbocycles. The fraction of sp³-hybridized carbons (Fsp3) is 0.105. The van der Waals surface area contributed by atoms with E-state index in [-0.39, 0.29) is 0 Å². The first-order valence-electron chi connectivity index (χ1n) is 7.48. The van der Waals surface area contributed by atoms with Gasteiger partial charge in [-0.25, -0.2) is 9.97 Å². The highest BCUT2D eigenvalue weighted by atomic mass is 35.5. The molecule has 0 atom stereocenters. The van der Waals surface area contributed by atoms with Crippen LogP contribution in [0.2, 0.25) is 5.15 Å². The number of nitriles is 1. The molecule has 0 saturated heterocycles. The van der Waals surface area contributed by atoms with Crippen molar-refractivity contribution in [1.29, 1.82) is 5.26 Å². The molecule has 0 saturated carbocycles. The smallest absolute Gasteiger partial charge is 0.129 e. The van der Waals surface area contributed by atoms with Crippen LogP contribution in [0.25, 0.3) is 11.3 Å². The summed E-state index contributed by atoms with van der Waals surface area (Å²) >= 11 is 7.31. The zero-order chi connectivity index (χ0) is 17.6. The first-order valence-corrected chi connectivity index (χ1v) is 8.85. The van der Waals surface area contributed by atoms with Gasteiger partial charge < -0.3 is 4.74 Å². The van der Waals surface area contributed by atoms with Gasteiger partial charge in [0, 0.05) is 17.5 Å². The minimum Gasteiger partial charge on any atom is -0.497 e. The zero-order valence-corrected chi connectivity index (χ0v) is 15.0. The molecule has 4 nitrogen and oxygen atoms in total. The summed E-state index contributed by atoms with van der Waals surface area (Å²) in [5.41, 5.74) is 3.37. The molecular formula is C19H14ClN3OS. The Labute approximate surface area is 155 Å². The van der Waals surface area contributed by atoms with E-state index in [0.29, 0.717) is 21.5 Å². The fourth-order valence-electron chi connectivity index (χ4n) is 2.20. The summed E-state index contributed by atoms with van der Waals surface area (Å²) in [6.45, 7) is 0. The van der Waals surface area contributed by atoms with Gasteiger partial charge in [0.1, 0.15) is 22.0 Å². The number of benzene rings is 1. The average Bonchev–Trinajstić information content (AvgIpc) is 2.67. The Morgan fingerprint density at radius 3 is 2.56 bits per heavy atom. The van der Waals surface area contributed by atoms with Gasteiger partial charge in [-0.2, -0.15) is 5.26 Å². The number of hydrogen-bond acceptors (Lipinski definition) is 5. The highest BCUT2D eigenvalue weighted by Gasteiger charge is 2.09. The van der Waals surface area contributed by atoms with Gasteiger partial charge in [-0.05, 0) is 48.0 Å². The zero-order valence-electron chi connectivity index (χ0n) is 13.4. The van der Waals surface area contributed by atoms with Crippen molar-refractivity contribution < 1.29 is 4.74 Å². The van der Waals surface area contributed by atoms with E-state index < -0.39 is 0 Å². The minimum atomic E-state index is 0.464. The van der Waals surface area contributed by atoms with Crippen LogP contribution in [0.4, 0.5) is 0 Å². The molecule has 3 aromatic rings. The second-order valence-corrected chi connectivity index (χ2v) is 6.52. The normalized spacial score (nSPS) is 10.3. The van der Waals surface area contributed by atoms with Crippen molar-refractivity contribution in [3.05, 3.63) is 71.0 Å². The van der Waals surface area contributed by atoms with E-state index in [1.165, 1.54) is 11.8 Å². The monoisotopic (exact) mass is 367 g/mol. The molecule has 0 aliphatic heterocycles. The Bertz CT molecular complexity index is 905. The summed E-state index contributed by atoms with van der Waals surface area (Å²) in [4.78, 5) is 8.73. The molecule has 6 heteroatoms. The van der Waals surface area contributed by atoms with Gasteiger partial charge in [0.25, 0.3) is 0 Å². The third kappa shape index (κ3) is 4.30. The summed E-state index contributed by atoms with van der Waals surface area (Å²) in [5, 5.41) is 10.5. The van der Waals surface area contributed by atoms with Crippen molar-refractivity contribution in [2.45, 2.75) is 10.8 Å². The summed E-state index contributed by atoms with van der Waals surface area (Å²) in [7, 11) is 1.63. The lowest BCUT2D eigenvalue weighted by molar-refractivity contribution is 0.415. The lowest BCUT2D eigenvalue weighted by Crippen LogP contribution is -1.92. The summed E-state index contributed by atoms with van der Waals surface area (Å²) in [6, 6.07) is 17.2. The first-order chi connectivity index (χ1) is 12.2. The molecule has 0 N–H and O–H groups in total. The number of hydrogen-bond donors (Lipinski definition) is 0. The molecule has 0 bridgehead atoms. The average molecular weight is 368 g/mol. The maximum Gasteiger partial charge on any atom is 0.129 e. The highest BCUT2D eigenvalue weighted by molar-refractivity contribution is 7.98. The van der Waals surface area contributed by atoms with Crippen LogP contribution in [-0.2, 0) is 5.75 Å². The number of pyridine rings is 2. The molecule has 2 aromatic heterocycles. The van der Waals surface area contributed by atoms with Gasteiger partial charge in [-0.15, -0.1) is 11.8 Å². The Morgan fingerprint density at radius 1 is 1.12 bits per heavy atom. The SMILES string of the molecule is COc1ccc(-c2ccc(C#N)c(SCc3ccc(Cl)nc3)n2)cc1. The van der Waals surface area contributed by atoms with Crippen molar-refractivity contribution in [2.75, 3.05) is 7.11 Å².